The third-order valence-corrected chi connectivity index (χ3v) is 1.54. The molecule has 0 aromatic heterocycles. The molecule has 2 heteroatoms. The molecule has 62 valence electrons. The van der Waals surface area contributed by atoms with Crippen molar-refractivity contribution in [1.82, 2.24) is 4.90 Å². The average molecular weight is 152 g/mol. The summed E-state index contributed by atoms with van der Waals surface area (Å²) < 4.78 is 0. The summed E-state index contributed by atoms with van der Waals surface area (Å²) in [6.07, 6.45) is 3.85. The normalized spacial score (nSPS) is 10.9. The zero-order chi connectivity index (χ0) is 8.69. The van der Waals surface area contributed by atoms with Crippen molar-refractivity contribution in [2.24, 2.45) is 0 Å². The lowest BCUT2D eigenvalue weighted by molar-refractivity contribution is 0.479. The van der Waals surface area contributed by atoms with Crippen LogP contribution in [0.3, 0.4) is 0 Å². The summed E-state index contributed by atoms with van der Waals surface area (Å²) in [6, 6.07) is 2.19. The van der Waals surface area contributed by atoms with E-state index in [2.05, 4.69) is 19.9 Å². The third kappa shape index (κ3) is 4.44. The van der Waals surface area contributed by atoms with E-state index in [0.717, 1.165) is 25.0 Å². The van der Waals surface area contributed by atoms with Gasteiger partial charge in [-0.1, -0.05) is 13.3 Å². The molecule has 0 aliphatic heterocycles. The Kier molecular flexibility index (Phi) is 5.28. The average Bonchev–Trinajstić information content (AvgIpc) is 2.03. The van der Waals surface area contributed by atoms with Crippen LogP contribution in [0, 0.1) is 11.3 Å². The molecule has 0 N–H and O–H groups in total. The molecule has 0 aromatic rings. The van der Waals surface area contributed by atoms with Crippen LogP contribution in [0.2, 0.25) is 0 Å². The fourth-order valence-corrected chi connectivity index (χ4v) is 0.776. The predicted molar refractivity (Wildman–Crippen MR) is 46.9 cm³/mol. The van der Waals surface area contributed by atoms with Gasteiger partial charge in [0.2, 0.25) is 0 Å². The Hall–Kier alpha value is -0.970. The lowest BCUT2D eigenvalue weighted by Gasteiger charge is -2.10. The lowest BCUT2D eigenvalue weighted by atomic mass is 10.2. The highest BCUT2D eigenvalue weighted by Crippen LogP contribution is 2.03. The van der Waals surface area contributed by atoms with Crippen molar-refractivity contribution in [1.29, 1.82) is 5.26 Å². The van der Waals surface area contributed by atoms with Crippen molar-refractivity contribution in [3.8, 4) is 6.07 Å². The van der Waals surface area contributed by atoms with E-state index in [4.69, 9.17) is 5.26 Å². The minimum Gasteiger partial charge on any atom is -0.380 e. The molecule has 11 heavy (non-hydrogen) atoms. The SMILES string of the molecule is CCC/C(C#N)=C\N(C)CC. The van der Waals surface area contributed by atoms with E-state index in [0.29, 0.717) is 0 Å². The molecule has 0 aliphatic rings. The molecule has 0 saturated heterocycles. The zero-order valence-corrected chi connectivity index (χ0v) is 7.59. The van der Waals surface area contributed by atoms with Crippen molar-refractivity contribution in [2.45, 2.75) is 26.7 Å². The molecule has 0 atom stereocenters. The Morgan fingerprint density at radius 3 is 2.55 bits per heavy atom. The topological polar surface area (TPSA) is 27.0 Å². The molecule has 0 spiro atoms. The maximum absolute atomic E-state index is 8.66. The van der Waals surface area contributed by atoms with Gasteiger partial charge in [0.25, 0.3) is 0 Å². The second-order valence-electron chi connectivity index (χ2n) is 2.59. The molecule has 0 aliphatic carbocycles. The molecule has 0 fully saturated rings. The van der Waals surface area contributed by atoms with Gasteiger partial charge in [0, 0.05) is 25.4 Å². The Labute approximate surface area is 69.1 Å². The van der Waals surface area contributed by atoms with E-state index in [9.17, 15) is 0 Å². The molecule has 0 heterocycles. The maximum Gasteiger partial charge on any atom is 0.0962 e. The molecular weight excluding hydrogens is 136 g/mol. The van der Waals surface area contributed by atoms with Gasteiger partial charge in [0.15, 0.2) is 0 Å². The van der Waals surface area contributed by atoms with E-state index in [-0.39, 0.29) is 0 Å². The summed E-state index contributed by atoms with van der Waals surface area (Å²) in [6.45, 7) is 5.10. The minimum absolute atomic E-state index is 0.872. The second kappa shape index (κ2) is 5.79. The van der Waals surface area contributed by atoms with E-state index in [1.165, 1.54) is 0 Å². The maximum atomic E-state index is 8.66. The van der Waals surface area contributed by atoms with Gasteiger partial charge >= 0.3 is 0 Å². The molecular formula is C9H16N2. The highest BCUT2D eigenvalue weighted by atomic mass is 15.1. The molecule has 0 saturated carbocycles. The molecule has 0 unspecified atom stereocenters. The lowest BCUT2D eigenvalue weighted by Crippen LogP contribution is -2.09. The Morgan fingerprint density at radius 1 is 1.55 bits per heavy atom. The first-order valence-electron chi connectivity index (χ1n) is 4.05. The fraction of sp³-hybridized carbons (Fsp3) is 0.667. The fourth-order valence-electron chi connectivity index (χ4n) is 0.776. The summed E-state index contributed by atoms with van der Waals surface area (Å²) in [7, 11) is 1.98. The summed E-state index contributed by atoms with van der Waals surface area (Å²) in [5, 5.41) is 8.66. The van der Waals surface area contributed by atoms with Gasteiger partial charge in [-0.2, -0.15) is 5.26 Å². The Balaban J connectivity index is 4.02. The third-order valence-electron chi connectivity index (χ3n) is 1.54. The number of allylic oxidation sites excluding steroid dienone is 1. The van der Waals surface area contributed by atoms with Gasteiger partial charge in [-0.05, 0) is 13.3 Å². The minimum atomic E-state index is 0.872. The first-order valence-corrected chi connectivity index (χ1v) is 4.05. The quantitative estimate of drug-likeness (QED) is 0.577. The van der Waals surface area contributed by atoms with Crippen LogP contribution in [0.25, 0.3) is 0 Å². The first-order chi connectivity index (χ1) is 5.24. The smallest absolute Gasteiger partial charge is 0.0962 e. The molecule has 2 nitrogen and oxygen atoms in total. The number of nitrogens with zero attached hydrogens (tertiary/aromatic N) is 2. The summed E-state index contributed by atoms with van der Waals surface area (Å²) in [5.41, 5.74) is 0.872. The highest BCUT2D eigenvalue weighted by molar-refractivity contribution is 5.19. The van der Waals surface area contributed by atoms with Gasteiger partial charge < -0.3 is 4.90 Å². The van der Waals surface area contributed by atoms with Crippen LogP contribution in [-0.4, -0.2) is 18.5 Å². The van der Waals surface area contributed by atoms with E-state index in [1.54, 1.807) is 0 Å². The molecule has 0 bridgehead atoms. The van der Waals surface area contributed by atoms with E-state index in [1.807, 2.05) is 18.1 Å². The van der Waals surface area contributed by atoms with Gasteiger partial charge in [0.1, 0.15) is 0 Å². The van der Waals surface area contributed by atoms with Crippen LogP contribution >= 0.6 is 0 Å². The molecule has 0 aromatic carbocycles. The number of nitriles is 1. The van der Waals surface area contributed by atoms with Crippen molar-refractivity contribution in [3.63, 3.8) is 0 Å². The van der Waals surface area contributed by atoms with E-state index >= 15 is 0 Å². The van der Waals surface area contributed by atoms with Crippen LogP contribution in [0.15, 0.2) is 11.8 Å². The number of rotatable bonds is 4. The van der Waals surface area contributed by atoms with Crippen molar-refractivity contribution < 1.29 is 0 Å². The second-order valence-corrected chi connectivity index (χ2v) is 2.59. The molecule has 0 amide bonds. The van der Waals surface area contributed by atoms with Crippen LogP contribution < -0.4 is 0 Å². The van der Waals surface area contributed by atoms with E-state index < -0.39 is 0 Å². The van der Waals surface area contributed by atoms with Gasteiger partial charge in [0.05, 0.1) is 6.07 Å². The van der Waals surface area contributed by atoms with Crippen molar-refractivity contribution in [2.75, 3.05) is 13.6 Å². The summed E-state index contributed by atoms with van der Waals surface area (Å²) in [5.74, 6) is 0. The Bertz CT molecular complexity index is 165. The van der Waals surface area contributed by atoms with Gasteiger partial charge in [-0.3, -0.25) is 0 Å². The largest absolute Gasteiger partial charge is 0.380 e. The van der Waals surface area contributed by atoms with Gasteiger partial charge in [-0.15, -0.1) is 0 Å². The van der Waals surface area contributed by atoms with Crippen molar-refractivity contribution >= 4 is 0 Å². The zero-order valence-electron chi connectivity index (χ0n) is 7.59. The Morgan fingerprint density at radius 2 is 2.18 bits per heavy atom. The molecule has 0 rings (SSSR count). The van der Waals surface area contributed by atoms with Crippen molar-refractivity contribution in [3.05, 3.63) is 11.8 Å². The first kappa shape index (κ1) is 10.0. The van der Waals surface area contributed by atoms with Crippen LogP contribution in [0.5, 0.6) is 0 Å². The summed E-state index contributed by atoms with van der Waals surface area (Å²) >= 11 is 0. The monoisotopic (exact) mass is 152 g/mol. The molecule has 0 radical (unpaired) electrons. The van der Waals surface area contributed by atoms with Gasteiger partial charge in [-0.25, -0.2) is 0 Å². The number of hydrogen-bond donors (Lipinski definition) is 0. The standard InChI is InChI=1S/C9H16N2/c1-4-6-9(7-10)8-11(3)5-2/h8H,4-6H2,1-3H3/b9-8+. The van der Waals surface area contributed by atoms with Crippen LogP contribution in [-0.2, 0) is 0 Å². The summed E-state index contributed by atoms with van der Waals surface area (Å²) in [4.78, 5) is 2.02. The highest BCUT2D eigenvalue weighted by Gasteiger charge is 1.94. The van der Waals surface area contributed by atoms with Crippen LogP contribution in [0.1, 0.15) is 26.7 Å². The van der Waals surface area contributed by atoms with Crippen LogP contribution in [0.4, 0.5) is 0 Å². The predicted octanol–water partition coefficient (Wildman–Crippen LogP) is 2.15. The number of hydrogen-bond acceptors (Lipinski definition) is 2.